The van der Waals surface area contributed by atoms with Crippen molar-refractivity contribution in [1.29, 1.82) is 0 Å². The number of rotatable bonds is 3. The number of fused-ring (bicyclic) bond motifs is 1. The summed E-state index contributed by atoms with van der Waals surface area (Å²) in [4.78, 5) is 19.7. The minimum atomic E-state index is -0.0310. The molecule has 0 fully saturated rings. The number of ether oxygens (including phenoxy) is 2. The van der Waals surface area contributed by atoms with Gasteiger partial charge in [-0.05, 0) is 37.8 Å². The molecule has 0 bridgehead atoms. The average Bonchev–Trinajstić information content (AvgIpc) is 2.54. The maximum absolute atomic E-state index is 12.2. The van der Waals surface area contributed by atoms with Crippen molar-refractivity contribution in [3.8, 4) is 22.9 Å². The first-order valence-electron chi connectivity index (χ1n) is 7.07. The number of aromatic nitrogens is 2. The van der Waals surface area contributed by atoms with Crippen molar-refractivity contribution in [3.05, 3.63) is 39.8 Å². The summed E-state index contributed by atoms with van der Waals surface area (Å²) in [5, 5.41) is 0. The second-order valence-electron chi connectivity index (χ2n) is 5.15. The fourth-order valence-corrected chi connectivity index (χ4v) is 2.68. The van der Waals surface area contributed by atoms with E-state index >= 15 is 0 Å². The van der Waals surface area contributed by atoms with Gasteiger partial charge in [-0.25, -0.2) is 4.98 Å². The third kappa shape index (κ3) is 2.63. The number of methoxy groups -OCH3 is 2. The normalized spacial score (nSPS) is 13.6. The van der Waals surface area contributed by atoms with E-state index in [-0.39, 0.29) is 5.56 Å². The number of hydrogen-bond acceptors (Lipinski definition) is 4. The molecule has 1 aromatic carbocycles. The lowest BCUT2D eigenvalue weighted by molar-refractivity contribution is 0.394. The smallest absolute Gasteiger partial charge is 0.254 e. The number of hydrogen-bond donors (Lipinski definition) is 1. The Bertz CT molecular complexity index is 700. The summed E-state index contributed by atoms with van der Waals surface area (Å²) in [6.07, 6.45) is 3.83. The van der Waals surface area contributed by atoms with E-state index in [1.807, 2.05) is 12.1 Å². The van der Waals surface area contributed by atoms with Gasteiger partial charge in [-0.3, -0.25) is 4.79 Å². The van der Waals surface area contributed by atoms with Gasteiger partial charge in [-0.1, -0.05) is 0 Å². The molecule has 0 saturated heterocycles. The summed E-state index contributed by atoms with van der Waals surface area (Å²) in [7, 11) is 3.20. The lowest BCUT2D eigenvalue weighted by Gasteiger charge is -2.15. The first kappa shape index (κ1) is 13.7. The summed E-state index contributed by atoms with van der Waals surface area (Å²) in [5.41, 5.74) is 2.51. The zero-order chi connectivity index (χ0) is 14.8. The molecule has 5 nitrogen and oxygen atoms in total. The van der Waals surface area contributed by atoms with Gasteiger partial charge in [0, 0.05) is 17.2 Å². The van der Waals surface area contributed by atoms with E-state index in [2.05, 4.69) is 9.97 Å². The molecule has 21 heavy (non-hydrogen) atoms. The molecule has 110 valence electrons. The third-order valence-corrected chi connectivity index (χ3v) is 3.82. The van der Waals surface area contributed by atoms with E-state index in [1.165, 1.54) is 0 Å². The molecule has 0 saturated carbocycles. The van der Waals surface area contributed by atoms with Crippen molar-refractivity contribution in [2.24, 2.45) is 0 Å². The van der Waals surface area contributed by atoms with Gasteiger partial charge in [0.1, 0.15) is 17.3 Å². The summed E-state index contributed by atoms with van der Waals surface area (Å²) < 4.78 is 10.5. The Morgan fingerprint density at radius 2 is 1.71 bits per heavy atom. The summed E-state index contributed by atoms with van der Waals surface area (Å²) in [6, 6.07) is 5.48. The van der Waals surface area contributed by atoms with Crippen molar-refractivity contribution in [3.63, 3.8) is 0 Å². The highest BCUT2D eigenvalue weighted by Crippen LogP contribution is 2.28. The fraction of sp³-hybridized carbons (Fsp3) is 0.375. The van der Waals surface area contributed by atoms with E-state index in [9.17, 15) is 4.79 Å². The van der Waals surface area contributed by atoms with Crippen LogP contribution < -0.4 is 15.0 Å². The number of benzene rings is 1. The molecule has 0 unspecified atom stereocenters. The number of H-pyrrole nitrogens is 1. The van der Waals surface area contributed by atoms with Crippen LogP contribution in [-0.4, -0.2) is 24.2 Å². The molecule has 1 aliphatic rings. The van der Waals surface area contributed by atoms with Gasteiger partial charge in [0.05, 0.1) is 19.9 Å². The minimum absolute atomic E-state index is 0.0310. The minimum Gasteiger partial charge on any atom is -0.497 e. The highest BCUT2D eigenvalue weighted by atomic mass is 16.5. The molecule has 0 spiro atoms. The van der Waals surface area contributed by atoms with E-state index < -0.39 is 0 Å². The molecule has 0 amide bonds. The molecule has 0 radical (unpaired) electrons. The Morgan fingerprint density at radius 1 is 1.05 bits per heavy atom. The molecule has 1 aliphatic carbocycles. The van der Waals surface area contributed by atoms with Crippen LogP contribution >= 0.6 is 0 Å². The number of aryl methyl sites for hydroxylation is 1. The molecule has 3 rings (SSSR count). The third-order valence-electron chi connectivity index (χ3n) is 3.82. The molecule has 1 aromatic heterocycles. The van der Waals surface area contributed by atoms with Crippen molar-refractivity contribution >= 4 is 0 Å². The van der Waals surface area contributed by atoms with Crippen LogP contribution in [0.3, 0.4) is 0 Å². The van der Waals surface area contributed by atoms with Crippen molar-refractivity contribution < 1.29 is 9.47 Å². The highest BCUT2D eigenvalue weighted by molar-refractivity contribution is 5.61. The Kier molecular flexibility index (Phi) is 3.64. The van der Waals surface area contributed by atoms with Gasteiger partial charge in [0.2, 0.25) is 0 Å². The van der Waals surface area contributed by atoms with Gasteiger partial charge in [0.15, 0.2) is 0 Å². The van der Waals surface area contributed by atoms with Crippen molar-refractivity contribution in [1.82, 2.24) is 9.97 Å². The van der Waals surface area contributed by atoms with Crippen molar-refractivity contribution in [2.45, 2.75) is 25.7 Å². The van der Waals surface area contributed by atoms with Crippen molar-refractivity contribution in [2.75, 3.05) is 14.2 Å². The van der Waals surface area contributed by atoms with Crippen LogP contribution in [0.2, 0.25) is 0 Å². The summed E-state index contributed by atoms with van der Waals surface area (Å²) >= 11 is 0. The standard InChI is InChI=1S/C16H18N2O3/c1-20-11-7-10(8-12(9-11)21-2)15-17-14-6-4-3-5-13(14)16(19)18-15/h7-9H,3-6H2,1-2H3,(H,17,18,19). The van der Waals surface area contributed by atoms with Crippen LogP contribution in [0.15, 0.2) is 23.0 Å². The molecule has 1 heterocycles. The lowest BCUT2D eigenvalue weighted by atomic mass is 9.97. The lowest BCUT2D eigenvalue weighted by Crippen LogP contribution is -2.21. The highest BCUT2D eigenvalue weighted by Gasteiger charge is 2.16. The molecule has 0 atom stereocenters. The van der Waals surface area contributed by atoms with Gasteiger partial charge >= 0.3 is 0 Å². The van der Waals surface area contributed by atoms with Crippen LogP contribution in [0.1, 0.15) is 24.1 Å². The van der Waals surface area contributed by atoms with Crippen LogP contribution in [0, 0.1) is 0 Å². The average molecular weight is 286 g/mol. The second kappa shape index (κ2) is 5.60. The van der Waals surface area contributed by atoms with Crippen LogP contribution in [0.4, 0.5) is 0 Å². The second-order valence-corrected chi connectivity index (χ2v) is 5.15. The van der Waals surface area contributed by atoms with Gasteiger partial charge in [0.25, 0.3) is 5.56 Å². The largest absolute Gasteiger partial charge is 0.497 e. The number of nitrogens with zero attached hydrogens (tertiary/aromatic N) is 1. The van der Waals surface area contributed by atoms with E-state index in [0.717, 1.165) is 42.5 Å². The quantitative estimate of drug-likeness (QED) is 0.940. The fourth-order valence-electron chi connectivity index (χ4n) is 2.68. The number of aromatic amines is 1. The molecule has 0 aliphatic heterocycles. The molecular weight excluding hydrogens is 268 g/mol. The molecule has 2 aromatic rings. The zero-order valence-electron chi connectivity index (χ0n) is 12.2. The first-order valence-corrected chi connectivity index (χ1v) is 7.07. The van der Waals surface area contributed by atoms with E-state index in [1.54, 1.807) is 20.3 Å². The van der Waals surface area contributed by atoms with Gasteiger partial charge < -0.3 is 14.5 Å². The predicted octanol–water partition coefficient (Wildman–Crippen LogP) is 2.33. The Morgan fingerprint density at radius 3 is 2.38 bits per heavy atom. The monoisotopic (exact) mass is 286 g/mol. The Hall–Kier alpha value is -2.30. The Balaban J connectivity index is 2.12. The SMILES string of the molecule is COc1cc(OC)cc(-c2nc3c(c(=O)[nH]2)CCCC3)c1. The molecule has 1 N–H and O–H groups in total. The molecule has 5 heteroatoms. The first-order chi connectivity index (χ1) is 10.2. The van der Waals surface area contributed by atoms with Gasteiger partial charge in [-0.15, -0.1) is 0 Å². The maximum Gasteiger partial charge on any atom is 0.254 e. The topological polar surface area (TPSA) is 64.2 Å². The van der Waals surface area contributed by atoms with E-state index in [0.29, 0.717) is 17.3 Å². The zero-order valence-corrected chi connectivity index (χ0v) is 12.2. The summed E-state index contributed by atoms with van der Waals surface area (Å²) in [6.45, 7) is 0. The number of nitrogens with one attached hydrogen (secondary N) is 1. The van der Waals surface area contributed by atoms with Crippen LogP contribution in [0.25, 0.3) is 11.4 Å². The molecular formula is C16H18N2O3. The van der Waals surface area contributed by atoms with Gasteiger partial charge in [-0.2, -0.15) is 0 Å². The van der Waals surface area contributed by atoms with Crippen LogP contribution in [0.5, 0.6) is 11.5 Å². The summed E-state index contributed by atoms with van der Waals surface area (Å²) in [5.74, 6) is 1.91. The predicted molar refractivity (Wildman–Crippen MR) is 80.0 cm³/mol. The maximum atomic E-state index is 12.2. The van der Waals surface area contributed by atoms with E-state index in [4.69, 9.17) is 9.47 Å². The van der Waals surface area contributed by atoms with Crippen LogP contribution in [-0.2, 0) is 12.8 Å². The Labute approximate surface area is 123 Å².